The molecule has 0 saturated heterocycles. The maximum Gasteiger partial charge on any atom is 0.570 e. The summed E-state index contributed by atoms with van der Waals surface area (Å²) >= 11 is 0. The van der Waals surface area contributed by atoms with Crippen molar-refractivity contribution in [3.63, 3.8) is 0 Å². The number of benzene rings is 3. The van der Waals surface area contributed by atoms with Gasteiger partial charge in [0.1, 0.15) is 0 Å². The average Bonchev–Trinajstić information content (AvgIpc) is 2.55. The van der Waals surface area contributed by atoms with Crippen LogP contribution in [0.4, 0.5) is 0 Å². The van der Waals surface area contributed by atoms with E-state index in [9.17, 15) is 0 Å². The molecule has 0 bridgehead atoms. The van der Waals surface area contributed by atoms with Crippen LogP contribution in [0.5, 0.6) is 5.88 Å². The molecule has 1 radical (unpaired) electrons. The Hall–Kier alpha value is -2.59. The third-order valence-electron chi connectivity index (χ3n) is 3.78. The highest BCUT2D eigenvalue weighted by Gasteiger charge is 2.09. The van der Waals surface area contributed by atoms with Crippen LogP contribution in [-0.4, -0.2) is 17.7 Å². The van der Waals surface area contributed by atoms with E-state index in [2.05, 4.69) is 29.2 Å². The molecule has 0 aliphatic carbocycles. The largest absolute Gasteiger partial charge is 0.570 e. The van der Waals surface area contributed by atoms with Gasteiger partial charge in [0.05, 0.1) is 0 Å². The molecule has 1 aromatic heterocycles. The lowest BCUT2D eigenvalue weighted by molar-refractivity contribution is 0.444. The Kier molecular flexibility index (Phi) is 2.76. The first kappa shape index (κ1) is 12.2. The summed E-state index contributed by atoms with van der Waals surface area (Å²) < 4.78 is 4.99. The topological polar surface area (TPSA) is 42.4 Å². The van der Waals surface area contributed by atoms with Crippen LogP contribution in [0.25, 0.3) is 32.3 Å². The Bertz CT molecular complexity index is 933. The lowest BCUT2D eigenvalue weighted by Gasteiger charge is -2.10. The minimum Gasteiger partial charge on any atom is -0.523 e. The molecule has 3 nitrogen and oxygen atoms in total. The SMILES string of the molecule is O[B]Oc1cc2c3ccccc3c3ccccc3c2cn1. The van der Waals surface area contributed by atoms with E-state index in [0.717, 1.165) is 16.2 Å². The van der Waals surface area contributed by atoms with E-state index in [0.29, 0.717) is 13.6 Å². The van der Waals surface area contributed by atoms with Gasteiger partial charge in [0.2, 0.25) is 0 Å². The minimum absolute atomic E-state index is 0.380. The van der Waals surface area contributed by atoms with Gasteiger partial charge in [-0.2, -0.15) is 0 Å². The molecule has 3 aromatic carbocycles. The van der Waals surface area contributed by atoms with Gasteiger partial charge in [0, 0.05) is 17.6 Å². The van der Waals surface area contributed by atoms with Gasteiger partial charge in [-0.3, -0.25) is 0 Å². The molecule has 1 heterocycles. The first-order valence-corrected chi connectivity index (χ1v) is 6.70. The molecular formula is C17H11BNO2. The van der Waals surface area contributed by atoms with Crippen LogP contribution in [0.3, 0.4) is 0 Å². The summed E-state index contributed by atoms with van der Waals surface area (Å²) in [5.74, 6) is 0.380. The lowest BCUT2D eigenvalue weighted by atomic mass is 9.95. The summed E-state index contributed by atoms with van der Waals surface area (Å²) in [7, 11) is 0.650. The molecule has 0 fully saturated rings. The molecule has 4 heteroatoms. The Morgan fingerprint density at radius 1 is 0.762 bits per heavy atom. The number of hydrogen-bond acceptors (Lipinski definition) is 3. The van der Waals surface area contributed by atoms with Crippen molar-refractivity contribution in [1.29, 1.82) is 0 Å². The zero-order chi connectivity index (χ0) is 14.2. The van der Waals surface area contributed by atoms with Gasteiger partial charge >= 0.3 is 7.69 Å². The number of rotatable bonds is 2. The lowest BCUT2D eigenvalue weighted by Crippen LogP contribution is -2.01. The maximum absolute atomic E-state index is 8.79. The fourth-order valence-corrected chi connectivity index (χ4v) is 2.90. The predicted molar refractivity (Wildman–Crippen MR) is 85.4 cm³/mol. The Morgan fingerprint density at radius 3 is 1.86 bits per heavy atom. The molecule has 0 amide bonds. The van der Waals surface area contributed by atoms with Gasteiger partial charge in [-0.15, -0.1) is 0 Å². The van der Waals surface area contributed by atoms with E-state index in [4.69, 9.17) is 9.68 Å². The van der Waals surface area contributed by atoms with E-state index in [1.807, 2.05) is 30.3 Å². The summed E-state index contributed by atoms with van der Waals surface area (Å²) in [5, 5.41) is 15.7. The highest BCUT2D eigenvalue weighted by atomic mass is 16.5. The van der Waals surface area contributed by atoms with Crippen LogP contribution >= 0.6 is 0 Å². The number of nitrogens with zero attached hydrogens (tertiary/aromatic N) is 1. The van der Waals surface area contributed by atoms with Crippen molar-refractivity contribution in [3.05, 3.63) is 60.8 Å². The van der Waals surface area contributed by atoms with Gasteiger partial charge < -0.3 is 9.68 Å². The Balaban J connectivity index is 2.24. The van der Waals surface area contributed by atoms with Crippen molar-refractivity contribution in [2.24, 2.45) is 0 Å². The van der Waals surface area contributed by atoms with E-state index in [-0.39, 0.29) is 0 Å². The molecule has 4 aromatic rings. The average molecular weight is 272 g/mol. The van der Waals surface area contributed by atoms with Crippen LogP contribution < -0.4 is 4.65 Å². The predicted octanol–water partition coefficient (Wildman–Crippen LogP) is 3.45. The maximum atomic E-state index is 8.79. The van der Waals surface area contributed by atoms with Gasteiger partial charge in [0.15, 0.2) is 5.88 Å². The standard InChI is InChI=1S/C17H11BNO2/c20-18-21-17-9-15-13-7-3-1-5-11(13)12-6-2-4-8-14(12)16(15)10-19-17/h1-10,20H. The van der Waals surface area contributed by atoms with Crippen molar-refractivity contribution >= 4 is 40.0 Å². The van der Waals surface area contributed by atoms with Crippen molar-refractivity contribution in [3.8, 4) is 5.88 Å². The monoisotopic (exact) mass is 272 g/mol. The van der Waals surface area contributed by atoms with Crippen LogP contribution in [0.2, 0.25) is 0 Å². The Labute approximate surface area is 122 Å². The number of hydrogen-bond donors (Lipinski definition) is 1. The molecule has 0 saturated carbocycles. The summed E-state index contributed by atoms with van der Waals surface area (Å²) in [5.41, 5.74) is 0. The third-order valence-corrected chi connectivity index (χ3v) is 3.78. The molecule has 21 heavy (non-hydrogen) atoms. The summed E-state index contributed by atoms with van der Waals surface area (Å²) in [6.07, 6.45) is 1.79. The fourth-order valence-electron chi connectivity index (χ4n) is 2.90. The van der Waals surface area contributed by atoms with E-state index < -0.39 is 0 Å². The highest BCUT2D eigenvalue weighted by Crippen LogP contribution is 2.35. The van der Waals surface area contributed by atoms with E-state index >= 15 is 0 Å². The van der Waals surface area contributed by atoms with Gasteiger partial charge in [0.25, 0.3) is 0 Å². The quantitative estimate of drug-likeness (QED) is 0.449. The van der Waals surface area contributed by atoms with Crippen molar-refractivity contribution in [1.82, 2.24) is 4.98 Å². The molecule has 0 aliphatic rings. The number of pyridine rings is 1. The fraction of sp³-hybridized carbons (Fsp3) is 0. The van der Waals surface area contributed by atoms with Gasteiger partial charge in [-0.1, -0.05) is 48.5 Å². The minimum atomic E-state index is 0.380. The van der Waals surface area contributed by atoms with Gasteiger partial charge in [-0.25, -0.2) is 4.98 Å². The first-order chi connectivity index (χ1) is 10.4. The molecular weight excluding hydrogens is 261 g/mol. The van der Waals surface area contributed by atoms with Crippen LogP contribution in [0, 0.1) is 0 Å². The van der Waals surface area contributed by atoms with E-state index in [1.165, 1.54) is 16.2 Å². The number of aromatic nitrogens is 1. The molecule has 0 unspecified atom stereocenters. The highest BCUT2D eigenvalue weighted by molar-refractivity contribution is 6.25. The van der Waals surface area contributed by atoms with Crippen LogP contribution in [0.15, 0.2) is 60.8 Å². The summed E-state index contributed by atoms with van der Waals surface area (Å²) in [6, 6.07) is 18.4. The molecule has 0 aliphatic heterocycles. The second-order valence-electron chi connectivity index (χ2n) is 4.88. The second-order valence-corrected chi connectivity index (χ2v) is 4.88. The number of fused-ring (bicyclic) bond motifs is 6. The summed E-state index contributed by atoms with van der Waals surface area (Å²) in [6.45, 7) is 0. The van der Waals surface area contributed by atoms with Crippen molar-refractivity contribution < 1.29 is 9.68 Å². The van der Waals surface area contributed by atoms with Gasteiger partial charge in [-0.05, 0) is 26.9 Å². The smallest absolute Gasteiger partial charge is 0.523 e. The van der Waals surface area contributed by atoms with Crippen LogP contribution in [0.1, 0.15) is 0 Å². The molecule has 99 valence electrons. The van der Waals surface area contributed by atoms with Crippen molar-refractivity contribution in [2.45, 2.75) is 0 Å². The molecule has 0 atom stereocenters. The zero-order valence-electron chi connectivity index (χ0n) is 11.2. The molecule has 1 N–H and O–H groups in total. The normalized spacial score (nSPS) is 11.1. The zero-order valence-corrected chi connectivity index (χ0v) is 11.2. The van der Waals surface area contributed by atoms with Crippen LogP contribution in [-0.2, 0) is 0 Å². The molecule has 0 spiro atoms. The summed E-state index contributed by atoms with van der Waals surface area (Å²) in [4.78, 5) is 4.24. The second kappa shape index (κ2) is 4.75. The molecule has 4 rings (SSSR count). The van der Waals surface area contributed by atoms with E-state index in [1.54, 1.807) is 6.20 Å². The Morgan fingerprint density at radius 2 is 1.29 bits per heavy atom. The third kappa shape index (κ3) is 1.84. The van der Waals surface area contributed by atoms with Crippen molar-refractivity contribution in [2.75, 3.05) is 0 Å². The first-order valence-electron chi connectivity index (χ1n) is 6.70.